The van der Waals surface area contributed by atoms with E-state index in [0.29, 0.717) is 0 Å². The van der Waals surface area contributed by atoms with Gasteiger partial charge in [0.15, 0.2) is 0 Å². The van der Waals surface area contributed by atoms with Gasteiger partial charge in [0.25, 0.3) is 0 Å². The summed E-state index contributed by atoms with van der Waals surface area (Å²) in [5.41, 5.74) is 17.6. The van der Waals surface area contributed by atoms with Gasteiger partial charge in [0.05, 0.1) is 11.4 Å². The highest BCUT2D eigenvalue weighted by Gasteiger charge is 2.23. The third-order valence-corrected chi connectivity index (χ3v) is 8.04. The lowest BCUT2D eigenvalue weighted by Gasteiger charge is -2.13. The van der Waals surface area contributed by atoms with Gasteiger partial charge in [0.1, 0.15) is 0 Å². The highest BCUT2D eigenvalue weighted by Crippen LogP contribution is 2.44. The first-order chi connectivity index (χ1) is 18.8. The van der Waals surface area contributed by atoms with E-state index in [1.165, 1.54) is 66.8 Å². The number of benzene rings is 4. The lowest BCUT2D eigenvalue weighted by molar-refractivity contribution is 1.24. The van der Waals surface area contributed by atoms with Gasteiger partial charge in [-0.2, -0.15) is 0 Å². The molecule has 0 saturated carbocycles. The second-order valence-electron chi connectivity index (χ2n) is 10.2. The largest absolute Gasteiger partial charge is 0.255 e. The van der Waals surface area contributed by atoms with E-state index < -0.39 is 0 Å². The van der Waals surface area contributed by atoms with Gasteiger partial charge in [-0.25, -0.2) is 0 Å². The molecule has 0 amide bonds. The zero-order valence-corrected chi connectivity index (χ0v) is 20.9. The van der Waals surface area contributed by atoms with E-state index >= 15 is 0 Å². The molecule has 0 atom stereocenters. The fourth-order valence-corrected chi connectivity index (χ4v) is 6.34. The number of rotatable bonds is 3. The van der Waals surface area contributed by atoms with Crippen LogP contribution in [-0.2, 0) is 12.8 Å². The summed E-state index contributed by atoms with van der Waals surface area (Å²) in [6.07, 6.45) is 5.81. The van der Waals surface area contributed by atoms with Crippen molar-refractivity contribution in [2.75, 3.05) is 0 Å². The second-order valence-corrected chi connectivity index (χ2v) is 10.2. The molecule has 0 saturated heterocycles. The molecule has 2 nitrogen and oxygen atoms in total. The van der Waals surface area contributed by atoms with E-state index in [9.17, 15) is 0 Å². The monoisotopic (exact) mass is 484 g/mol. The highest BCUT2D eigenvalue weighted by molar-refractivity contribution is 5.92. The molecule has 178 valence electrons. The number of aromatic nitrogens is 2. The molecule has 2 aliphatic rings. The van der Waals surface area contributed by atoms with Crippen LogP contribution in [-0.4, -0.2) is 9.97 Å². The third-order valence-electron chi connectivity index (χ3n) is 8.04. The molecule has 2 heteroatoms. The minimum atomic E-state index is 0.890. The Morgan fingerprint density at radius 2 is 0.816 bits per heavy atom. The normalized spacial score (nSPS) is 12.5. The Labute approximate surface area is 222 Å². The number of pyridine rings is 2. The summed E-state index contributed by atoms with van der Waals surface area (Å²) in [6, 6.07) is 39.4. The van der Waals surface area contributed by atoms with Crippen LogP contribution in [0.5, 0.6) is 0 Å². The Morgan fingerprint density at radius 1 is 0.395 bits per heavy atom. The van der Waals surface area contributed by atoms with Crippen LogP contribution in [0.1, 0.15) is 22.3 Å². The van der Waals surface area contributed by atoms with Crippen LogP contribution < -0.4 is 0 Å². The molecule has 2 heterocycles. The van der Waals surface area contributed by atoms with E-state index in [0.717, 1.165) is 24.2 Å². The third kappa shape index (κ3) is 3.27. The molecule has 38 heavy (non-hydrogen) atoms. The first kappa shape index (κ1) is 21.3. The average molecular weight is 485 g/mol. The van der Waals surface area contributed by atoms with Crippen molar-refractivity contribution in [3.05, 3.63) is 144 Å². The van der Waals surface area contributed by atoms with Crippen molar-refractivity contribution in [1.29, 1.82) is 0 Å². The van der Waals surface area contributed by atoms with Gasteiger partial charge < -0.3 is 0 Å². The molecule has 0 N–H and O–H groups in total. The molecule has 2 aromatic heterocycles. The van der Waals surface area contributed by atoms with Crippen molar-refractivity contribution in [3.63, 3.8) is 0 Å². The van der Waals surface area contributed by atoms with Crippen LogP contribution in [0.25, 0.3) is 55.9 Å². The first-order valence-corrected chi connectivity index (χ1v) is 13.2. The number of fused-ring (bicyclic) bond motifs is 6. The molecular formula is C36H24N2. The molecule has 0 bridgehead atoms. The van der Waals surface area contributed by atoms with Crippen LogP contribution >= 0.6 is 0 Å². The van der Waals surface area contributed by atoms with E-state index in [2.05, 4.69) is 109 Å². The fraction of sp³-hybridized carbons (Fsp3) is 0.0556. The van der Waals surface area contributed by atoms with Crippen LogP contribution in [0.3, 0.4) is 0 Å². The molecule has 0 unspecified atom stereocenters. The van der Waals surface area contributed by atoms with E-state index in [4.69, 9.17) is 9.97 Å². The Balaban J connectivity index is 1.23. The zero-order chi connectivity index (χ0) is 25.1. The smallest absolute Gasteiger partial charge is 0.0892 e. The lowest BCUT2D eigenvalue weighted by atomic mass is 9.93. The molecular weight excluding hydrogens is 460 g/mol. The van der Waals surface area contributed by atoms with E-state index in [1.807, 2.05) is 12.4 Å². The molecule has 4 aromatic carbocycles. The lowest BCUT2D eigenvalue weighted by Crippen LogP contribution is -1.92. The van der Waals surface area contributed by atoms with Crippen LogP contribution in [0.2, 0.25) is 0 Å². The fourth-order valence-electron chi connectivity index (χ4n) is 6.34. The van der Waals surface area contributed by atoms with Crippen molar-refractivity contribution < 1.29 is 0 Å². The molecule has 0 radical (unpaired) electrons. The van der Waals surface area contributed by atoms with Gasteiger partial charge >= 0.3 is 0 Å². The summed E-state index contributed by atoms with van der Waals surface area (Å²) in [5.74, 6) is 0. The van der Waals surface area contributed by atoms with E-state index in [-0.39, 0.29) is 0 Å². The molecule has 0 aliphatic heterocycles. The highest BCUT2D eigenvalue weighted by atomic mass is 14.8. The van der Waals surface area contributed by atoms with Crippen LogP contribution in [0, 0.1) is 0 Å². The first-order valence-electron chi connectivity index (χ1n) is 13.2. The SMILES string of the molecule is c1ccc2c(c1)Cc1cccc(-c3ccnc(-c4cc(-c5cccc6c5-c5ccccc5C6)ccn4)c3)c1-2. The average Bonchev–Trinajstić information content (AvgIpc) is 3.56. The summed E-state index contributed by atoms with van der Waals surface area (Å²) < 4.78 is 0. The maximum absolute atomic E-state index is 4.75. The maximum Gasteiger partial charge on any atom is 0.0892 e. The number of nitrogens with zero attached hydrogens (tertiary/aromatic N) is 2. The van der Waals surface area contributed by atoms with Gasteiger partial charge in [-0.15, -0.1) is 0 Å². The van der Waals surface area contributed by atoms with Gasteiger partial charge in [0.2, 0.25) is 0 Å². The van der Waals surface area contributed by atoms with E-state index in [1.54, 1.807) is 0 Å². The maximum atomic E-state index is 4.75. The summed E-state index contributed by atoms with van der Waals surface area (Å²) in [4.78, 5) is 9.51. The zero-order valence-electron chi connectivity index (χ0n) is 20.9. The van der Waals surface area contributed by atoms with Crippen LogP contribution in [0.4, 0.5) is 0 Å². The standard InChI is InChI=1S/C36H24N2/c1-3-11-29-23(7-1)19-27-9-5-13-31(35(27)29)25-15-17-37-33(21-25)34-22-26(16-18-38-34)32-14-6-10-28-20-24-8-2-4-12-30(24)36(28)32/h1-18,21-22H,19-20H2. The van der Waals surface area contributed by atoms with Crippen LogP contribution in [0.15, 0.2) is 122 Å². The van der Waals surface area contributed by atoms with Crippen molar-refractivity contribution in [2.45, 2.75) is 12.8 Å². The van der Waals surface area contributed by atoms with Gasteiger partial charge in [-0.3, -0.25) is 9.97 Å². The van der Waals surface area contributed by atoms with Gasteiger partial charge in [-0.1, -0.05) is 84.9 Å². The topological polar surface area (TPSA) is 25.8 Å². The van der Waals surface area contributed by atoms with Gasteiger partial charge in [0, 0.05) is 12.4 Å². The minimum Gasteiger partial charge on any atom is -0.255 e. The van der Waals surface area contributed by atoms with Crippen molar-refractivity contribution in [3.8, 4) is 55.9 Å². The minimum absolute atomic E-state index is 0.890. The quantitative estimate of drug-likeness (QED) is 0.251. The Morgan fingerprint density at radius 3 is 1.32 bits per heavy atom. The molecule has 0 spiro atoms. The number of hydrogen-bond donors (Lipinski definition) is 0. The Bertz CT molecular complexity index is 1740. The summed E-state index contributed by atoms with van der Waals surface area (Å²) in [6.45, 7) is 0. The Hall–Kier alpha value is -4.82. The van der Waals surface area contributed by atoms with Gasteiger partial charge in [-0.05, 0) is 104 Å². The predicted octanol–water partition coefficient (Wildman–Crippen LogP) is 8.62. The van der Waals surface area contributed by atoms with Crippen molar-refractivity contribution >= 4 is 0 Å². The number of hydrogen-bond acceptors (Lipinski definition) is 2. The van der Waals surface area contributed by atoms with Crippen molar-refractivity contribution in [2.24, 2.45) is 0 Å². The molecule has 8 rings (SSSR count). The summed E-state index contributed by atoms with van der Waals surface area (Å²) in [5, 5.41) is 0. The summed E-state index contributed by atoms with van der Waals surface area (Å²) in [7, 11) is 0. The van der Waals surface area contributed by atoms with Crippen molar-refractivity contribution in [1.82, 2.24) is 9.97 Å². The molecule has 0 fully saturated rings. The Kier molecular flexibility index (Phi) is 4.68. The predicted molar refractivity (Wildman–Crippen MR) is 155 cm³/mol. The summed E-state index contributed by atoms with van der Waals surface area (Å²) >= 11 is 0. The molecule has 2 aliphatic carbocycles. The molecule has 6 aromatic rings. The second kappa shape index (κ2) is 8.36.